The molecule has 1 aliphatic heterocycles. The van der Waals surface area contributed by atoms with E-state index in [1.54, 1.807) is 16.7 Å². The van der Waals surface area contributed by atoms with E-state index >= 15 is 0 Å². The Labute approximate surface area is 165 Å². The molecule has 2 aliphatic rings. The zero-order valence-corrected chi connectivity index (χ0v) is 17.1. The van der Waals surface area contributed by atoms with Crippen LogP contribution in [0.4, 0.5) is 4.79 Å². The molecule has 1 aromatic carbocycles. The topological polar surface area (TPSA) is 72.9 Å². The predicted octanol–water partition coefficient (Wildman–Crippen LogP) is 2.91. The number of nitrogens with one attached hydrogen (secondary N) is 1. The minimum atomic E-state index is -0.750. The highest BCUT2D eigenvalue weighted by molar-refractivity contribution is 7.98. The Balaban J connectivity index is 1.62. The second kappa shape index (κ2) is 8.10. The van der Waals surface area contributed by atoms with E-state index in [2.05, 4.69) is 34.5 Å². The Hall–Kier alpha value is -1.73. The summed E-state index contributed by atoms with van der Waals surface area (Å²) in [4.78, 5) is 29.5. The summed E-state index contributed by atoms with van der Waals surface area (Å²) in [7, 11) is 4.00. The number of carboxylic acids is 1. The van der Waals surface area contributed by atoms with Crippen molar-refractivity contribution < 1.29 is 14.7 Å². The van der Waals surface area contributed by atoms with Crippen molar-refractivity contribution in [1.82, 2.24) is 15.1 Å². The lowest BCUT2D eigenvalue weighted by atomic mass is 9.81. The predicted molar refractivity (Wildman–Crippen MR) is 107 cm³/mol. The van der Waals surface area contributed by atoms with Gasteiger partial charge < -0.3 is 20.2 Å². The minimum absolute atomic E-state index is 0.0698. The van der Waals surface area contributed by atoms with Gasteiger partial charge in [0, 0.05) is 24.5 Å². The minimum Gasteiger partial charge on any atom is -0.481 e. The average molecular weight is 392 g/mol. The van der Waals surface area contributed by atoms with Crippen molar-refractivity contribution >= 4 is 23.8 Å². The number of carbonyl (C=O) groups is 2. The first-order valence-corrected chi connectivity index (χ1v) is 10.7. The number of carbonyl (C=O) groups excluding carboxylic acids is 1. The van der Waals surface area contributed by atoms with Crippen LogP contribution in [0.3, 0.4) is 0 Å². The first kappa shape index (κ1) is 20.0. The number of carboxylic acid groups (broad SMARTS) is 1. The van der Waals surface area contributed by atoms with E-state index < -0.39 is 11.4 Å². The van der Waals surface area contributed by atoms with Gasteiger partial charge in [0.25, 0.3) is 0 Å². The van der Waals surface area contributed by atoms with Crippen molar-refractivity contribution in [3.05, 3.63) is 29.8 Å². The molecular weight excluding hydrogens is 362 g/mol. The SMILES string of the molecule is CSc1ccc(C(CNC(=O)N2C[C@@H]3CCC[C@@]3(C(=O)O)C2)N(C)C)cc1. The smallest absolute Gasteiger partial charge is 0.317 e. The molecule has 1 saturated heterocycles. The Morgan fingerprint density at radius 2 is 2.07 bits per heavy atom. The molecule has 0 bridgehead atoms. The van der Waals surface area contributed by atoms with Crippen molar-refractivity contribution in [2.24, 2.45) is 11.3 Å². The molecule has 1 unspecified atom stereocenters. The van der Waals surface area contributed by atoms with Crippen LogP contribution in [0.5, 0.6) is 0 Å². The number of urea groups is 1. The van der Waals surface area contributed by atoms with Crippen LogP contribution >= 0.6 is 11.8 Å². The van der Waals surface area contributed by atoms with Crippen LogP contribution in [0.15, 0.2) is 29.2 Å². The lowest BCUT2D eigenvalue weighted by Gasteiger charge is -2.27. The maximum atomic E-state index is 12.7. The summed E-state index contributed by atoms with van der Waals surface area (Å²) >= 11 is 1.70. The second-order valence-corrected chi connectivity index (χ2v) is 8.75. The first-order valence-electron chi connectivity index (χ1n) is 9.44. The number of rotatable bonds is 6. The van der Waals surface area contributed by atoms with E-state index in [4.69, 9.17) is 0 Å². The van der Waals surface area contributed by atoms with E-state index in [1.807, 2.05) is 20.4 Å². The van der Waals surface area contributed by atoms with E-state index in [0.29, 0.717) is 26.1 Å². The fraction of sp³-hybridized carbons (Fsp3) is 0.600. The Bertz CT molecular complexity index is 694. The molecule has 1 aromatic rings. The standard InChI is InChI=1S/C20H29N3O3S/c1-22(2)17(14-6-8-16(27-3)9-7-14)11-21-19(26)23-12-15-5-4-10-20(15,13-23)18(24)25/h6-9,15,17H,4-5,10-13H2,1-3H3,(H,21,26)(H,24,25)/t15-,17?,20+/m0/s1. The molecule has 1 aliphatic carbocycles. The molecule has 1 heterocycles. The molecule has 0 spiro atoms. The highest BCUT2D eigenvalue weighted by atomic mass is 32.2. The third kappa shape index (κ3) is 3.94. The zero-order chi connectivity index (χ0) is 19.6. The molecule has 148 valence electrons. The van der Waals surface area contributed by atoms with Crippen LogP contribution in [0.25, 0.3) is 0 Å². The van der Waals surface area contributed by atoms with Crippen molar-refractivity contribution in [2.45, 2.75) is 30.2 Å². The van der Waals surface area contributed by atoms with Crippen molar-refractivity contribution in [1.29, 1.82) is 0 Å². The van der Waals surface area contributed by atoms with Crippen molar-refractivity contribution in [3.8, 4) is 0 Å². The third-order valence-corrected chi connectivity index (χ3v) is 6.90. The van der Waals surface area contributed by atoms with Gasteiger partial charge in [-0.2, -0.15) is 0 Å². The van der Waals surface area contributed by atoms with Crippen molar-refractivity contribution in [2.75, 3.05) is 40.0 Å². The molecule has 7 heteroatoms. The molecule has 1 saturated carbocycles. The van der Waals surface area contributed by atoms with Gasteiger partial charge in [0.2, 0.25) is 0 Å². The Kier molecular flexibility index (Phi) is 6.01. The van der Waals surface area contributed by atoms with Gasteiger partial charge in [-0.05, 0) is 56.8 Å². The van der Waals surface area contributed by atoms with Gasteiger partial charge >= 0.3 is 12.0 Å². The molecule has 0 radical (unpaired) electrons. The average Bonchev–Trinajstić information content (AvgIpc) is 3.20. The van der Waals surface area contributed by atoms with E-state index in [-0.39, 0.29) is 18.0 Å². The van der Waals surface area contributed by atoms with Gasteiger partial charge in [-0.3, -0.25) is 4.79 Å². The number of likely N-dealkylation sites (tertiary alicyclic amines) is 1. The van der Waals surface area contributed by atoms with Crippen LogP contribution in [0.2, 0.25) is 0 Å². The maximum absolute atomic E-state index is 12.7. The third-order valence-electron chi connectivity index (χ3n) is 6.15. The largest absolute Gasteiger partial charge is 0.481 e. The highest BCUT2D eigenvalue weighted by Crippen LogP contribution is 2.48. The molecule has 3 atom stereocenters. The first-order chi connectivity index (χ1) is 12.9. The number of fused-ring (bicyclic) bond motifs is 1. The van der Waals surface area contributed by atoms with Crippen LogP contribution in [-0.2, 0) is 4.79 Å². The van der Waals surface area contributed by atoms with Gasteiger partial charge in [0.15, 0.2) is 0 Å². The van der Waals surface area contributed by atoms with Crippen LogP contribution in [0.1, 0.15) is 30.9 Å². The highest BCUT2D eigenvalue weighted by Gasteiger charge is 2.55. The molecule has 3 rings (SSSR count). The molecule has 2 amide bonds. The Morgan fingerprint density at radius 1 is 1.37 bits per heavy atom. The summed E-state index contributed by atoms with van der Waals surface area (Å²) in [5.74, 6) is -0.662. The monoisotopic (exact) mass is 391 g/mol. The van der Waals surface area contributed by atoms with E-state index in [1.165, 1.54) is 4.90 Å². The maximum Gasteiger partial charge on any atom is 0.317 e. The summed E-state index contributed by atoms with van der Waals surface area (Å²) in [6, 6.07) is 8.30. The number of hydrogen-bond acceptors (Lipinski definition) is 4. The van der Waals surface area contributed by atoms with Gasteiger partial charge in [-0.1, -0.05) is 18.6 Å². The molecule has 2 fully saturated rings. The number of thioether (sulfide) groups is 1. The van der Waals surface area contributed by atoms with Crippen LogP contribution < -0.4 is 5.32 Å². The summed E-state index contributed by atoms with van der Waals surface area (Å²) in [6.45, 7) is 1.37. The molecular formula is C20H29N3O3S. The number of likely N-dealkylation sites (N-methyl/N-ethyl adjacent to an activating group) is 1. The van der Waals surface area contributed by atoms with E-state index in [0.717, 1.165) is 18.4 Å². The van der Waals surface area contributed by atoms with Crippen LogP contribution in [0, 0.1) is 11.3 Å². The molecule has 0 aromatic heterocycles. The number of nitrogens with zero attached hydrogens (tertiary/aromatic N) is 2. The second-order valence-electron chi connectivity index (χ2n) is 7.87. The van der Waals surface area contributed by atoms with E-state index in [9.17, 15) is 14.7 Å². The quantitative estimate of drug-likeness (QED) is 0.730. The summed E-state index contributed by atoms with van der Waals surface area (Å²) in [6.07, 6.45) is 4.58. The van der Waals surface area contributed by atoms with Gasteiger partial charge in [0.05, 0.1) is 11.5 Å². The number of benzene rings is 1. The Morgan fingerprint density at radius 3 is 2.63 bits per heavy atom. The number of hydrogen-bond donors (Lipinski definition) is 2. The zero-order valence-electron chi connectivity index (χ0n) is 16.3. The fourth-order valence-corrected chi connectivity index (χ4v) is 4.92. The normalized spacial score (nSPS) is 25.5. The van der Waals surface area contributed by atoms with Crippen LogP contribution in [-0.4, -0.2) is 66.9 Å². The van der Waals surface area contributed by atoms with Crippen molar-refractivity contribution in [3.63, 3.8) is 0 Å². The fourth-order valence-electron chi connectivity index (χ4n) is 4.51. The lowest BCUT2D eigenvalue weighted by molar-refractivity contribution is -0.149. The van der Waals surface area contributed by atoms with Gasteiger partial charge in [0.1, 0.15) is 0 Å². The molecule has 6 nitrogen and oxygen atoms in total. The summed E-state index contributed by atoms with van der Waals surface area (Å²) in [5, 5.41) is 12.7. The van der Waals surface area contributed by atoms with Gasteiger partial charge in [-0.15, -0.1) is 11.8 Å². The molecule has 2 N–H and O–H groups in total. The summed E-state index contributed by atoms with van der Waals surface area (Å²) < 4.78 is 0. The molecule has 27 heavy (non-hydrogen) atoms. The summed E-state index contributed by atoms with van der Waals surface area (Å²) in [5.41, 5.74) is 0.421. The number of amides is 2. The van der Waals surface area contributed by atoms with Gasteiger partial charge in [-0.25, -0.2) is 4.79 Å². The lowest BCUT2D eigenvalue weighted by Crippen LogP contribution is -2.44. The number of aliphatic carboxylic acids is 1.